The number of para-hydroxylation sites is 3. The van der Waals surface area contributed by atoms with Crippen LogP contribution in [0.2, 0.25) is 0 Å². The van der Waals surface area contributed by atoms with Crippen molar-refractivity contribution in [1.29, 1.82) is 5.26 Å². The lowest BCUT2D eigenvalue weighted by atomic mass is 10.2. The maximum Gasteiger partial charge on any atom is 0.262 e. The van der Waals surface area contributed by atoms with Gasteiger partial charge in [0.05, 0.1) is 22.7 Å². The van der Waals surface area contributed by atoms with E-state index in [-0.39, 0.29) is 30.2 Å². The Morgan fingerprint density at radius 2 is 1.69 bits per heavy atom. The highest BCUT2D eigenvalue weighted by atomic mass is 32.2. The number of aromatic nitrogens is 5. The molecule has 0 bridgehead atoms. The molecule has 8 nitrogen and oxygen atoms in total. The third-order valence-corrected chi connectivity index (χ3v) is 6.33. The summed E-state index contributed by atoms with van der Waals surface area (Å²) in [5.74, 6) is 0.872. The summed E-state index contributed by atoms with van der Waals surface area (Å²) in [6.07, 6.45) is 0. The molecule has 5 aromatic rings. The van der Waals surface area contributed by atoms with E-state index in [0.717, 1.165) is 5.69 Å². The minimum absolute atomic E-state index is 0.00322. The molecule has 0 saturated carbocycles. The van der Waals surface area contributed by atoms with E-state index in [1.54, 1.807) is 36.4 Å². The number of nitrogens with zero attached hydrogens (tertiary/aromatic N) is 6. The lowest BCUT2D eigenvalue weighted by molar-refractivity contribution is 0.278. The van der Waals surface area contributed by atoms with Gasteiger partial charge in [-0.1, -0.05) is 54.2 Å². The standard InChI is InChI=1S/C26H19FN6O2S/c27-20-11-5-7-13-22(20)35-16-23-30-31-26(33(23)18-8-2-1-3-9-18)36-17-24-29-21-12-6-4-10-19(21)25(34)32(24)15-14-28/h1-13H,15-17H2. The minimum atomic E-state index is -0.462. The molecular weight excluding hydrogens is 479 g/mol. The number of hydrogen-bond donors (Lipinski definition) is 0. The van der Waals surface area contributed by atoms with Crippen molar-refractivity contribution in [3.8, 4) is 17.5 Å². The fourth-order valence-corrected chi connectivity index (χ4v) is 4.63. The van der Waals surface area contributed by atoms with Gasteiger partial charge in [-0.3, -0.25) is 13.9 Å². The minimum Gasteiger partial charge on any atom is -0.483 e. The zero-order chi connectivity index (χ0) is 24.9. The van der Waals surface area contributed by atoms with Gasteiger partial charge in [-0.15, -0.1) is 10.2 Å². The van der Waals surface area contributed by atoms with Gasteiger partial charge in [-0.05, 0) is 36.4 Å². The van der Waals surface area contributed by atoms with Crippen LogP contribution in [0.5, 0.6) is 5.75 Å². The zero-order valence-corrected chi connectivity index (χ0v) is 19.7. The molecule has 3 aromatic carbocycles. The fourth-order valence-electron chi connectivity index (χ4n) is 3.71. The zero-order valence-electron chi connectivity index (χ0n) is 18.9. The van der Waals surface area contributed by atoms with Crippen molar-refractivity contribution in [2.75, 3.05) is 0 Å². The molecule has 2 aromatic heterocycles. The second-order valence-electron chi connectivity index (χ2n) is 7.67. The maximum atomic E-state index is 14.0. The molecule has 0 atom stereocenters. The molecule has 2 heterocycles. The van der Waals surface area contributed by atoms with Gasteiger partial charge in [-0.25, -0.2) is 9.37 Å². The Morgan fingerprint density at radius 3 is 2.50 bits per heavy atom. The second-order valence-corrected chi connectivity index (χ2v) is 8.61. The molecule has 0 N–H and O–H groups in total. The smallest absolute Gasteiger partial charge is 0.262 e. The van der Waals surface area contributed by atoms with E-state index in [1.807, 2.05) is 47.0 Å². The van der Waals surface area contributed by atoms with Crippen molar-refractivity contribution in [3.05, 3.63) is 107 Å². The monoisotopic (exact) mass is 498 g/mol. The molecule has 0 radical (unpaired) electrons. The van der Waals surface area contributed by atoms with Gasteiger partial charge < -0.3 is 4.74 Å². The van der Waals surface area contributed by atoms with Crippen molar-refractivity contribution in [3.63, 3.8) is 0 Å². The van der Waals surface area contributed by atoms with Crippen LogP contribution in [0.3, 0.4) is 0 Å². The second kappa shape index (κ2) is 10.4. The Hall–Kier alpha value is -4.49. The summed E-state index contributed by atoms with van der Waals surface area (Å²) in [6.45, 7) is -0.115. The lowest BCUT2D eigenvalue weighted by Crippen LogP contribution is -2.24. The van der Waals surface area contributed by atoms with E-state index in [0.29, 0.717) is 27.7 Å². The van der Waals surface area contributed by atoms with Gasteiger partial charge >= 0.3 is 0 Å². The summed E-state index contributed by atoms with van der Waals surface area (Å²) in [7, 11) is 0. The summed E-state index contributed by atoms with van der Waals surface area (Å²) >= 11 is 1.33. The Bertz CT molecular complexity index is 1630. The molecule has 0 fully saturated rings. The summed E-state index contributed by atoms with van der Waals surface area (Å²) in [4.78, 5) is 17.6. The van der Waals surface area contributed by atoms with Crippen molar-refractivity contribution >= 4 is 22.7 Å². The number of ether oxygens (including phenoxy) is 1. The first kappa shape index (κ1) is 23.3. The summed E-state index contributed by atoms with van der Waals surface area (Å²) in [6, 6.07) is 24.7. The molecule has 10 heteroatoms. The van der Waals surface area contributed by atoms with Crippen LogP contribution in [0.25, 0.3) is 16.6 Å². The predicted molar refractivity (Wildman–Crippen MR) is 133 cm³/mol. The van der Waals surface area contributed by atoms with Crippen LogP contribution in [-0.4, -0.2) is 24.3 Å². The summed E-state index contributed by atoms with van der Waals surface area (Å²) < 4.78 is 22.9. The molecule has 0 unspecified atom stereocenters. The highest BCUT2D eigenvalue weighted by molar-refractivity contribution is 7.98. The number of rotatable bonds is 8. The Labute approximate surface area is 209 Å². The molecular formula is C26H19FN6O2S. The molecule has 0 aliphatic carbocycles. The van der Waals surface area contributed by atoms with Gasteiger partial charge in [0.15, 0.2) is 22.5 Å². The maximum absolute atomic E-state index is 14.0. The van der Waals surface area contributed by atoms with E-state index < -0.39 is 5.82 Å². The van der Waals surface area contributed by atoms with Crippen molar-refractivity contribution < 1.29 is 9.13 Å². The molecule has 178 valence electrons. The highest BCUT2D eigenvalue weighted by Crippen LogP contribution is 2.26. The lowest BCUT2D eigenvalue weighted by Gasteiger charge is -2.13. The largest absolute Gasteiger partial charge is 0.483 e. The van der Waals surface area contributed by atoms with Crippen molar-refractivity contribution in [2.45, 2.75) is 24.1 Å². The molecule has 0 amide bonds. The third-order valence-electron chi connectivity index (χ3n) is 5.41. The Morgan fingerprint density at radius 1 is 0.944 bits per heavy atom. The normalized spacial score (nSPS) is 10.9. The number of hydrogen-bond acceptors (Lipinski definition) is 7. The molecule has 0 spiro atoms. The summed E-state index contributed by atoms with van der Waals surface area (Å²) in [5, 5.41) is 18.9. The molecule has 0 aliphatic heterocycles. The van der Waals surface area contributed by atoms with Gasteiger partial charge in [0.25, 0.3) is 5.56 Å². The van der Waals surface area contributed by atoms with E-state index in [1.165, 1.54) is 22.4 Å². The van der Waals surface area contributed by atoms with Crippen molar-refractivity contribution in [1.82, 2.24) is 24.3 Å². The van der Waals surface area contributed by atoms with Gasteiger partial charge in [0.2, 0.25) is 0 Å². The first-order chi connectivity index (χ1) is 17.7. The molecule has 0 saturated heterocycles. The van der Waals surface area contributed by atoms with Gasteiger partial charge in [-0.2, -0.15) is 5.26 Å². The van der Waals surface area contributed by atoms with Crippen LogP contribution in [0.15, 0.2) is 88.8 Å². The van der Waals surface area contributed by atoms with Crippen LogP contribution in [0.4, 0.5) is 4.39 Å². The third kappa shape index (κ3) is 4.69. The molecule has 5 rings (SSSR count). The Kier molecular flexibility index (Phi) is 6.73. The average molecular weight is 499 g/mol. The van der Waals surface area contributed by atoms with Crippen LogP contribution in [-0.2, 0) is 18.9 Å². The fraction of sp³-hybridized carbons (Fsp3) is 0.115. The SMILES string of the molecule is N#CCn1c(CSc2nnc(COc3ccccc3F)n2-c2ccccc2)nc2ccccc2c1=O. The van der Waals surface area contributed by atoms with E-state index in [9.17, 15) is 14.4 Å². The van der Waals surface area contributed by atoms with E-state index in [2.05, 4.69) is 15.2 Å². The number of nitriles is 1. The quantitative estimate of drug-likeness (QED) is 0.290. The van der Waals surface area contributed by atoms with Crippen LogP contribution in [0.1, 0.15) is 11.6 Å². The first-order valence-electron chi connectivity index (χ1n) is 11.0. The number of thioether (sulfide) groups is 1. The average Bonchev–Trinajstić information content (AvgIpc) is 3.32. The van der Waals surface area contributed by atoms with E-state index >= 15 is 0 Å². The topological polar surface area (TPSA) is 98.6 Å². The highest BCUT2D eigenvalue weighted by Gasteiger charge is 2.18. The van der Waals surface area contributed by atoms with Crippen LogP contribution < -0.4 is 10.3 Å². The predicted octanol–water partition coefficient (Wildman–Crippen LogP) is 4.51. The first-order valence-corrected chi connectivity index (χ1v) is 12.0. The number of halogens is 1. The molecule has 0 aliphatic rings. The van der Waals surface area contributed by atoms with Gasteiger partial charge in [0.1, 0.15) is 19.0 Å². The van der Waals surface area contributed by atoms with Crippen LogP contribution in [0, 0.1) is 17.1 Å². The molecule has 36 heavy (non-hydrogen) atoms. The summed E-state index contributed by atoms with van der Waals surface area (Å²) in [5.41, 5.74) is 1.11. The van der Waals surface area contributed by atoms with Crippen LogP contribution >= 0.6 is 11.8 Å². The number of fused-ring (bicyclic) bond motifs is 1. The Balaban J connectivity index is 1.48. The number of benzene rings is 3. The van der Waals surface area contributed by atoms with Gasteiger partial charge in [0, 0.05) is 5.69 Å². The van der Waals surface area contributed by atoms with E-state index in [4.69, 9.17) is 4.74 Å². The van der Waals surface area contributed by atoms with Crippen molar-refractivity contribution in [2.24, 2.45) is 0 Å².